The van der Waals surface area contributed by atoms with Gasteiger partial charge in [-0.05, 0) is 6.07 Å². The van der Waals surface area contributed by atoms with Gasteiger partial charge in [-0.15, -0.1) is 0 Å². The van der Waals surface area contributed by atoms with E-state index >= 15 is 0 Å². The van der Waals surface area contributed by atoms with Crippen LogP contribution in [0.2, 0.25) is 0 Å². The number of ether oxygens (including phenoxy) is 3. The second-order valence-electron chi connectivity index (χ2n) is 7.43. The van der Waals surface area contributed by atoms with Crippen molar-refractivity contribution in [3.8, 4) is 11.8 Å². The fraction of sp³-hybridized carbons (Fsp3) is 0.409. The monoisotopic (exact) mass is 500 g/mol. The molecule has 0 aromatic carbocycles. The van der Waals surface area contributed by atoms with E-state index in [0.717, 1.165) is 0 Å². The van der Waals surface area contributed by atoms with E-state index in [4.69, 9.17) is 14.2 Å². The van der Waals surface area contributed by atoms with Crippen LogP contribution in [0.5, 0.6) is 11.8 Å². The first-order chi connectivity index (χ1) is 17.5. The van der Waals surface area contributed by atoms with Gasteiger partial charge in [0.05, 0.1) is 25.0 Å². The zero-order valence-corrected chi connectivity index (χ0v) is 20.2. The fourth-order valence-electron chi connectivity index (χ4n) is 3.18. The molecule has 3 aromatic rings. The number of aldehydes is 1. The summed E-state index contributed by atoms with van der Waals surface area (Å²) >= 11 is 0. The van der Waals surface area contributed by atoms with Crippen molar-refractivity contribution in [2.45, 2.75) is 6.10 Å². The van der Waals surface area contributed by atoms with E-state index < -0.39 is 0 Å². The minimum atomic E-state index is -0.347. The molecule has 36 heavy (non-hydrogen) atoms. The number of hydrogen-bond donors (Lipinski definition) is 2. The van der Waals surface area contributed by atoms with Gasteiger partial charge in [0.15, 0.2) is 23.6 Å². The van der Waals surface area contributed by atoms with Crippen LogP contribution in [0.4, 0.5) is 11.6 Å². The summed E-state index contributed by atoms with van der Waals surface area (Å²) in [5.41, 5.74) is 0.785. The molecule has 0 bridgehead atoms. The number of aromatic nitrogens is 5. The molecule has 0 fully saturated rings. The number of hydrogen-bond acceptors (Lipinski definition) is 12. The lowest BCUT2D eigenvalue weighted by Crippen LogP contribution is -2.40. The number of rotatable bonds is 15. The third kappa shape index (κ3) is 6.70. The lowest BCUT2D eigenvalue weighted by atomic mass is 10.3. The zero-order chi connectivity index (χ0) is 25.9. The first kappa shape index (κ1) is 26.4. The highest BCUT2D eigenvalue weighted by atomic mass is 16.5. The highest BCUT2D eigenvalue weighted by Crippen LogP contribution is 2.22. The molecule has 1 unspecified atom stereocenters. The van der Waals surface area contributed by atoms with Crippen molar-refractivity contribution >= 4 is 35.5 Å². The van der Waals surface area contributed by atoms with Crippen molar-refractivity contribution in [2.75, 3.05) is 57.2 Å². The Balaban J connectivity index is 1.51. The van der Waals surface area contributed by atoms with Crippen molar-refractivity contribution in [3.05, 3.63) is 34.9 Å². The Bertz CT molecular complexity index is 1240. The largest absolute Gasteiger partial charge is 0.476 e. The van der Waals surface area contributed by atoms with E-state index in [1.54, 1.807) is 33.3 Å². The summed E-state index contributed by atoms with van der Waals surface area (Å²) in [7, 11) is 4.80. The van der Waals surface area contributed by atoms with Gasteiger partial charge < -0.3 is 24.8 Å². The molecule has 1 atom stereocenters. The van der Waals surface area contributed by atoms with Gasteiger partial charge >= 0.3 is 0 Å². The molecule has 0 saturated carbocycles. The number of amides is 1. The van der Waals surface area contributed by atoms with Crippen LogP contribution in [-0.2, 0) is 21.4 Å². The topological polar surface area (TPSA) is 163 Å². The van der Waals surface area contributed by atoms with Gasteiger partial charge in [0.25, 0.3) is 11.4 Å². The number of carbonyl (C=O) groups is 2. The van der Waals surface area contributed by atoms with Crippen LogP contribution in [0, 0.1) is 0 Å². The van der Waals surface area contributed by atoms with Crippen LogP contribution in [0.3, 0.4) is 0 Å². The Hall–Kier alpha value is -4.17. The zero-order valence-electron chi connectivity index (χ0n) is 20.2. The summed E-state index contributed by atoms with van der Waals surface area (Å²) in [6.45, 7) is 1.29. The van der Waals surface area contributed by atoms with E-state index in [2.05, 4.69) is 30.6 Å². The molecule has 3 heterocycles. The quantitative estimate of drug-likeness (QED) is 0.201. The summed E-state index contributed by atoms with van der Waals surface area (Å²) in [4.78, 5) is 52.2. The Morgan fingerprint density at radius 2 is 2.00 bits per heavy atom. The molecular formula is C22H28N8O6. The van der Waals surface area contributed by atoms with Crippen molar-refractivity contribution in [3.63, 3.8) is 0 Å². The molecule has 192 valence electrons. The van der Waals surface area contributed by atoms with E-state index in [1.165, 1.54) is 21.9 Å². The number of nitrogens with one attached hydrogen (secondary N) is 2. The maximum absolute atomic E-state index is 11.8. The van der Waals surface area contributed by atoms with Gasteiger partial charge in [0, 0.05) is 40.4 Å². The fourth-order valence-corrected chi connectivity index (χ4v) is 3.18. The van der Waals surface area contributed by atoms with Crippen molar-refractivity contribution < 1.29 is 23.8 Å². The van der Waals surface area contributed by atoms with E-state index in [0.29, 0.717) is 61.1 Å². The van der Waals surface area contributed by atoms with Gasteiger partial charge in [-0.3, -0.25) is 23.9 Å². The minimum absolute atomic E-state index is 0.156. The third-order valence-electron chi connectivity index (χ3n) is 5.10. The predicted octanol–water partition coefficient (Wildman–Crippen LogP) is -0.616. The first-order valence-electron chi connectivity index (χ1n) is 11.0. The molecule has 2 N–H and O–H groups in total. The first-order valence-corrected chi connectivity index (χ1v) is 11.0. The van der Waals surface area contributed by atoms with Crippen LogP contribution in [0.1, 0.15) is 0 Å². The molecule has 14 nitrogen and oxygen atoms in total. The maximum Gasteiger partial charge on any atom is 0.270 e. The summed E-state index contributed by atoms with van der Waals surface area (Å²) < 4.78 is 17.8. The number of fused-ring (bicyclic) bond motifs is 1. The minimum Gasteiger partial charge on any atom is -0.476 e. The molecule has 14 heteroatoms. The predicted molar refractivity (Wildman–Crippen MR) is 130 cm³/mol. The number of pyridine rings is 1. The maximum atomic E-state index is 11.8. The van der Waals surface area contributed by atoms with Gasteiger partial charge in [-0.2, -0.15) is 4.98 Å². The average molecular weight is 501 g/mol. The smallest absolute Gasteiger partial charge is 0.270 e. The lowest BCUT2D eigenvalue weighted by molar-refractivity contribution is -0.109. The molecule has 1 amide bonds. The number of nitrogens with zero attached hydrogens (tertiary/aromatic N) is 6. The number of aryl methyl sites for hydroxylation is 1. The van der Waals surface area contributed by atoms with Crippen molar-refractivity contribution in [1.82, 2.24) is 29.8 Å². The molecule has 3 aromatic heterocycles. The Morgan fingerprint density at radius 1 is 1.17 bits per heavy atom. The Labute approximate surface area is 206 Å². The van der Waals surface area contributed by atoms with Gasteiger partial charge in [-0.25, -0.2) is 15.0 Å². The van der Waals surface area contributed by atoms with E-state index in [1.807, 2.05) is 0 Å². The van der Waals surface area contributed by atoms with Gasteiger partial charge in [0.1, 0.15) is 18.7 Å². The number of methoxy groups -OCH3 is 1. The molecular weight excluding hydrogens is 472 g/mol. The molecule has 0 aliphatic rings. The van der Waals surface area contributed by atoms with Gasteiger partial charge in [0.2, 0.25) is 12.3 Å². The summed E-state index contributed by atoms with van der Waals surface area (Å²) in [6, 6.07) is 3.43. The summed E-state index contributed by atoms with van der Waals surface area (Å²) in [5.74, 6) is 1.12. The van der Waals surface area contributed by atoms with E-state index in [9.17, 15) is 14.4 Å². The van der Waals surface area contributed by atoms with Crippen LogP contribution in [-0.4, -0.2) is 90.3 Å². The lowest BCUT2D eigenvalue weighted by Gasteiger charge is -2.23. The highest BCUT2D eigenvalue weighted by molar-refractivity contribution is 5.73. The summed E-state index contributed by atoms with van der Waals surface area (Å²) in [5, 5.41) is 6.04. The molecule has 0 aliphatic heterocycles. The normalized spacial score (nSPS) is 11.6. The van der Waals surface area contributed by atoms with Crippen LogP contribution >= 0.6 is 0 Å². The SMILES string of the molecule is CNc1nc(N(C=O)CC(CNCCOc2ccc3ncc(=O)n(C)c3n2)OC)cnc1OCC=O. The third-order valence-corrected chi connectivity index (χ3v) is 5.10. The number of carbonyl (C=O) groups excluding carboxylic acids is 2. The van der Waals surface area contributed by atoms with Crippen LogP contribution in [0.25, 0.3) is 11.2 Å². The second-order valence-corrected chi connectivity index (χ2v) is 7.43. The Kier molecular flexibility index (Phi) is 9.59. The van der Waals surface area contributed by atoms with Crippen LogP contribution in [0.15, 0.2) is 29.3 Å². The second kappa shape index (κ2) is 13.1. The molecule has 0 spiro atoms. The average Bonchev–Trinajstić information content (AvgIpc) is 2.91. The van der Waals surface area contributed by atoms with Crippen molar-refractivity contribution in [2.24, 2.45) is 7.05 Å². The van der Waals surface area contributed by atoms with E-state index in [-0.39, 0.29) is 30.7 Å². The van der Waals surface area contributed by atoms with Gasteiger partial charge in [-0.1, -0.05) is 0 Å². The molecule has 3 rings (SSSR count). The van der Waals surface area contributed by atoms with Crippen molar-refractivity contribution in [1.29, 1.82) is 0 Å². The highest BCUT2D eigenvalue weighted by Gasteiger charge is 2.17. The molecule has 0 radical (unpaired) electrons. The number of anilines is 2. The standard InChI is InChI=1S/C22H28N8O6/c1-23-20-22(36-9-7-31)26-11-17(27-20)30(14-32)13-15(34-3)10-24-6-8-35-18-5-4-16-21(28-18)29(2)19(33)12-25-16/h4-5,7,11-12,14-15,24H,6,8-10,13H2,1-3H3,(H,23,27). The van der Waals surface area contributed by atoms with Crippen LogP contribution < -0.4 is 30.6 Å². The summed E-state index contributed by atoms with van der Waals surface area (Å²) in [6.07, 6.45) is 3.52. The molecule has 0 saturated heterocycles. The molecule has 0 aliphatic carbocycles. The Morgan fingerprint density at radius 3 is 2.72 bits per heavy atom.